The summed E-state index contributed by atoms with van der Waals surface area (Å²) in [4.78, 5) is 4.45. The molecule has 8 heteroatoms. The number of guanidine groups is 1. The Kier molecular flexibility index (Phi) is 10.7. The summed E-state index contributed by atoms with van der Waals surface area (Å²) in [5.74, 6) is 1.01. The van der Waals surface area contributed by atoms with Gasteiger partial charge in [-0.05, 0) is 49.2 Å². The van der Waals surface area contributed by atoms with Crippen LogP contribution in [0.5, 0.6) is 11.5 Å². The van der Waals surface area contributed by atoms with E-state index in [9.17, 15) is 9.50 Å². The number of methoxy groups -OCH3 is 2. The lowest BCUT2D eigenvalue weighted by atomic mass is 10.1. The average Bonchev–Trinajstić information content (AvgIpc) is 2.71. The van der Waals surface area contributed by atoms with Crippen LogP contribution < -0.4 is 20.1 Å². The lowest BCUT2D eigenvalue weighted by molar-refractivity contribution is 0.186. The Morgan fingerprint density at radius 1 is 1.14 bits per heavy atom. The Balaban J connectivity index is 0.00000420. The van der Waals surface area contributed by atoms with Gasteiger partial charge in [0.25, 0.3) is 0 Å². The molecule has 0 spiro atoms. The molecule has 0 radical (unpaired) electrons. The molecule has 6 nitrogen and oxygen atoms in total. The van der Waals surface area contributed by atoms with Crippen LogP contribution in [0, 0.1) is 5.82 Å². The second kappa shape index (κ2) is 12.5. The number of halogens is 2. The number of aliphatic hydroxyl groups excluding tert-OH is 1. The van der Waals surface area contributed by atoms with Gasteiger partial charge in [-0.3, -0.25) is 4.99 Å². The molecule has 0 saturated heterocycles. The highest BCUT2D eigenvalue weighted by Gasteiger charge is 2.13. The predicted molar refractivity (Wildman–Crippen MR) is 124 cm³/mol. The normalized spacial score (nSPS) is 13.1. The smallest absolute Gasteiger partial charge is 0.191 e. The van der Waals surface area contributed by atoms with Gasteiger partial charge in [-0.15, -0.1) is 24.0 Å². The van der Waals surface area contributed by atoms with Gasteiger partial charge in [0.15, 0.2) is 17.5 Å². The second-order valence-electron chi connectivity index (χ2n) is 6.27. The topological polar surface area (TPSA) is 75.1 Å². The van der Waals surface area contributed by atoms with Crippen LogP contribution in [0.3, 0.4) is 0 Å². The molecule has 2 unspecified atom stereocenters. The molecule has 2 aromatic rings. The highest BCUT2D eigenvalue weighted by atomic mass is 127. The minimum absolute atomic E-state index is 0. The van der Waals surface area contributed by atoms with Crippen molar-refractivity contribution in [2.75, 3.05) is 27.3 Å². The van der Waals surface area contributed by atoms with Crippen molar-refractivity contribution in [2.24, 2.45) is 4.99 Å². The monoisotopic (exact) mass is 517 g/mol. The van der Waals surface area contributed by atoms with Crippen LogP contribution in [0.15, 0.2) is 47.5 Å². The molecule has 0 bridgehead atoms. The highest BCUT2D eigenvalue weighted by Crippen LogP contribution is 2.22. The largest absolute Gasteiger partial charge is 0.497 e. The first-order chi connectivity index (χ1) is 13.5. The fraction of sp³-hybridized carbons (Fsp3) is 0.381. The fourth-order valence-corrected chi connectivity index (χ4v) is 2.69. The summed E-state index contributed by atoms with van der Waals surface area (Å²) in [6, 6.07) is 11.9. The van der Waals surface area contributed by atoms with Gasteiger partial charge in [0.05, 0.1) is 32.9 Å². The summed E-state index contributed by atoms with van der Waals surface area (Å²) in [6.07, 6.45) is -0.765. The van der Waals surface area contributed by atoms with Gasteiger partial charge < -0.3 is 25.2 Å². The van der Waals surface area contributed by atoms with Crippen LogP contribution >= 0.6 is 24.0 Å². The standard InChI is InChI=1S/C21H28FN3O3.HI/c1-5-23-21(24-13-19(26)16-7-6-8-17(11-16)27-3)25-14(2)15-9-10-20(28-4)18(22)12-15;/h6-12,14,19,26H,5,13H2,1-4H3,(H2,23,24,25);1H. The van der Waals surface area contributed by atoms with Crippen molar-refractivity contribution < 1.29 is 19.0 Å². The van der Waals surface area contributed by atoms with Gasteiger partial charge in [0, 0.05) is 6.54 Å². The molecule has 0 aliphatic heterocycles. The van der Waals surface area contributed by atoms with Gasteiger partial charge in [0.2, 0.25) is 0 Å². The van der Waals surface area contributed by atoms with Crippen molar-refractivity contribution >= 4 is 29.9 Å². The number of aliphatic hydroxyl groups is 1. The van der Waals surface area contributed by atoms with E-state index in [1.54, 1.807) is 25.3 Å². The van der Waals surface area contributed by atoms with E-state index in [2.05, 4.69) is 15.6 Å². The number of rotatable bonds is 8. The average molecular weight is 517 g/mol. The van der Waals surface area contributed by atoms with Crippen LogP contribution in [-0.2, 0) is 0 Å². The summed E-state index contributed by atoms with van der Waals surface area (Å²) < 4.78 is 24.1. The summed E-state index contributed by atoms with van der Waals surface area (Å²) >= 11 is 0. The number of benzene rings is 2. The van der Waals surface area contributed by atoms with E-state index in [4.69, 9.17) is 9.47 Å². The van der Waals surface area contributed by atoms with Crippen molar-refractivity contribution in [3.63, 3.8) is 0 Å². The number of ether oxygens (including phenoxy) is 2. The summed E-state index contributed by atoms with van der Waals surface area (Å²) in [7, 11) is 3.02. The van der Waals surface area contributed by atoms with Gasteiger partial charge >= 0.3 is 0 Å². The molecular weight excluding hydrogens is 488 g/mol. The van der Waals surface area contributed by atoms with E-state index in [1.165, 1.54) is 13.2 Å². The Morgan fingerprint density at radius 2 is 1.90 bits per heavy atom. The van der Waals surface area contributed by atoms with E-state index in [1.807, 2.05) is 32.0 Å². The molecular formula is C21H29FIN3O3. The lowest BCUT2D eigenvalue weighted by Gasteiger charge is -2.19. The first-order valence-electron chi connectivity index (χ1n) is 9.18. The lowest BCUT2D eigenvalue weighted by Crippen LogP contribution is -2.39. The summed E-state index contributed by atoms with van der Waals surface area (Å²) in [5, 5.41) is 16.8. The minimum atomic E-state index is -0.765. The third-order valence-electron chi connectivity index (χ3n) is 4.27. The van der Waals surface area contributed by atoms with Gasteiger partial charge in [0.1, 0.15) is 5.75 Å². The molecule has 2 aromatic carbocycles. The van der Waals surface area contributed by atoms with E-state index >= 15 is 0 Å². The Morgan fingerprint density at radius 3 is 2.52 bits per heavy atom. The molecule has 2 atom stereocenters. The zero-order chi connectivity index (χ0) is 20.5. The van der Waals surface area contributed by atoms with Crippen LogP contribution in [0.4, 0.5) is 4.39 Å². The van der Waals surface area contributed by atoms with E-state index in [0.29, 0.717) is 18.3 Å². The molecule has 0 saturated carbocycles. The molecule has 0 aliphatic rings. The van der Waals surface area contributed by atoms with E-state index in [-0.39, 0.29) is 42.3 Å². The Hall–Kier alpha value is -2.07. The number of nitrogens with zero attached hydrogens (tertiary/aromatic N) is 1. The first-order valence-corrected chi connectivity index (χ1v) is 9.18. The zero-order valence-corrected chi connectivity index (χ0v) is 19.4. The Bertz CT molecular complexity index is 804. The quantitative estimate of drug-likeness (QED) is 0.282. The van der Waals surface area contributed by atoms with Crippen molar-refractivity contribution in [1.82, 2.24) is 10.6 Å². The SMILES string of the molecule is CCNC(=NCC(O)c1cccc(OC)c1)NC(C)c1ccc(OC)c(F)c1.I. The fourth-order valence-electron chi connectivity index (χ4n) is 2.69. The summed E-state index contributed by atoms with van der Waals surface area (Å²) in [5.41, 5.74) is 1.49. The van der Waals surface area contributed by atoms with Gasteiger partial charge in [-0.2, -0.15) is 0 Å². The first kappa shape index (κ1) is 25.0. The highest BCUT2D eigenvalue weighted by molar-refractivity contribution is 14.0. The van der Waals surface area contributed by atoms with E-state index in [0.717, 1.165) is 11.1 Å². The number of aliphatic imine (C=N–C) groups is 1. The molecule has 160 valence electrons. The van der Waals surface area contributed by atoms with Crippen molar-refractivity contribution in [2.45, 2.75) is 26.0 Å². The number of hydrogen-bond donors (Lipinski definition) is 3. The maximum absolute atomic E-state index is 14.0. The van der Waals surface area contributed by atoms with Crippen LogP contribution in [-0.4, -0.2) is 38.4 Å². The van der Waals surface area contributed by atoms with Crippen molar-refractivity contribution in [3.8, 4) is 11.5 Å². The third-order valence-corrected chi connectivity index (χ3v) is 4.27. The maximum atomic E-state index is 14.0. The van der Waals surface area contributed by atoms with Gasteiger partial charge in [-0.25, -0.2) is 4.39 Å². The Labute approximate surface area is 188 Å². The molecule has 0 aliphatic carbocycles. The zero-order valence-electron chi connectivity index (χ0n) is 17.1. The maximum Gasteiger partial charge on any atom is 0.191 e. The second-order valence-corrected chi connectivity index (χ2v) is 6.27. The number of nitrogens with one attached hydrogen (secondary N) is 2. The molecule has 0 heterocycles. The van der Waals surface area contributed by atoms with Crippen LogP contribution in [0.25, 0.3) is 0 Å². The van der Waals surface area contributed by atoms with Crippen LogP contribution in [0.2, 0.25) is 0 Å². The molecule has 29 heavy (non-hydrogen) atoms. The molecule has 0 aromatic heterocycles. The van der Waals surface area contributed by atoms with Crippen molar-refractivity contribution in [1.29, 1.82) is 0 Å². The minimum Gasteiger partial charge on any atom is -0.497 e. The molecule has 0 fully saturated rings. The van der Waals surface area contributed by atoms with Gasteiger partial charge in [-0.1, -0.05) is 18.2 Å². The molecule has 2 rings (SSSR count). The van der Waals surface area contributed by atoms with Crippen LogP contribution in [0.1, 0.15) is 37.1 Å². The number of hydrogen-bond acceptors (Lipinski definition) is 4. The van der Waals surface area contributed by atoms with E-state index < -0.39 is 11.9 Å². The molecule has 3 N–H and O–H groups in total. The third kappa shape index (κ3) is 7.36. The van der Waals surface area contributed by atoms with Crippen molar-refractivity contribution in [3.05, 3.63) is 59.4 Å². The molecule has 0 amide bonds. The summed E-state index contributed by atoms with van der Waals surface area (Å²) in [6.45, 7) is 4.69. The predicted octanol–water partition coefficient (Wildman–Crippen LogP) is 3.81.